The number of nitrogens with zero attached hydrogens (tertiary/aromatic N) is 1. The molecule has 0 aliphatic carbocycles. The van der Waals surface area contributed by atoms with Crippen molar-refractivity contribution in [3.05, 3.63) is 80.2 Å². The molecule has 2 aromatic carbocycles. The summed E-state index contributed by atoms with van der Waals surface area (Å²) in [6.45, 7) is 1.58. The van der Waals surface area contributed by atoms with Gasteiger partial charge in [0.2, 0.25) is 0 Å². The van der Waals surface area contributed by atoms with Gasteiger partial charge >= 0.3 is 41.6 Å². The van der Waals surface area contributed by atoms with Crippen LogP contribution in [0, 0.1) is 6.92 Å². The van der Waals surface area contributed by atoms with E-state index < -0.39 is 30.0 Å². The van der Waals surface area contributed by atoms with Crippen LogP contribution in [0.5, 0.6) is 5.75 Å². The van der Waals surface area contributed by atoms with Crippen molar-refractivity contribution in [2.75, 3.05) is 5.32 Å². The monoisotopic (exact) mass is 513 g/mol. The molecule has 2 amide bonds. The van der Waals surface area contributed by atoms with Crippen LogP contribution >= 0.6 is 23.2 Å². The Morgan fingerprint density at radius 1 is 1.18 bits per heavy atom. The van der Waals surface area contributed by atoms with Crippen molar-refractivity contribution in [1.29, 1.82) is 0 Å². The number of carbonyl (C=O) groups is 2. The van der Waals surface area contributed by atoms with Crippen LogP contribution in [0.3, 0.4) is 0 Å². The maximum absolute atomic E-state index is 12.6. The first-order chi connectivity index (χ1) is 15.6. The van der Waals surface area contributed by atoms with E-state index in [0.29, 0.717) is 32.3 Å². The number of anilines is 1. The van der Waals surface area contributed by atoms with E-state index in [9.17, 15) is 24.6 Å². The number of nitrogens with one attached hydrogen (secondary N) is 2. The number of halogens is 2. The van der Waals surface area contributed by atoms with E-state index in [0.717, 1.165) is 0 Å². The second-order valence-corrected chi connectivity index (χ2v) is 8.21. The zero-order chi connectivity index (χ0) is 24.3. The fourth-order valence-corrected chi connectivity index (χ4v) is 3.79. The predicted molar refractivity (Wildman–Crippen MR) is 128 cm³/mol. The molecule has 0 bridgehead atoms. The van der Waals surface area contributed by atoms with E-state index in [1.54, 1.807) is 49.4 Å². The van der Waals surface area contributed by atoms with Crippen LogP contribution in [-0.2, 0) is 11.8 Å². The standard InChI is InChI=1S/C23H21Cl2N3O5.Na.H/c1-12-11-28(2)22(32)20(21(12)31)27-23(33)26-17(10-18(29)30)14-6-3-5-13(9-14)15-7-4-8-16(24)19(15)25;;/h3-9,11,17,31H,10H2,1-2H3,(H,29,30)(H2,26,27,33);;/q;+1;-1. The fraction of sp³-hybridized carbons (Fsp3) is 0.174. The Morgan fingerprint density at radius 3 is 2.53 bits per heavy atom. The molecule has 4 N–H and O–H groups in total. The second-order valence-electron chi connectivity index (χ2n) is 7.43. The topological polar surface area (TPSA) is 121 Å². The largest absolute Gasteiger partial charge is 1.00 e. The molecule has 0 aliphatic heterocycles. The molecule has 3 aromatic rings. The minimum absolute atomic E-state index is 0. The summed E-state index contributed by atoms with van der Waals surface area (Å²) in [7, 11) is 1.48. The summed E-state index contributed by atoms with van der Waals surface area (Å²) in [6.07, 6.45) is 1.01. The van der Waals surface area contributed by atoms with E-state index in [1.165, 1.54) is 17.8 Å². The molecule has 8 nitrogen and oxygen atoms in total. The maximum Gasteiger partial charge on any atom is 1.00 e. The zero-order valence-corrected chi connectivity index (χ0v) is 22.2. The number of aliphatic carboxylic acids is 1. The number of aromatic nitrogens is 1. The van der Waals surface area contributed by atoms with Crippen LogP contribution < -0.4 is 45.8 Å². The van der Waals surface area contributed by atoms with E-state index in [2.05, 4.69) is 10.6 Å². The summed E-state index contributed by atoms with van der Waals surface area (Å²) in [5.41, 5.74) is 1.31. The molecule has 1 unspecified atom stereocenters. The molecule has 0 fully saturated rings. The maximum atomic E-state index is 12.6. The molecule has 0 saturated heterocycles. The third-order valence-electron chi connectivity index (χ3n) is 5.01. The molecule has 3 rings (SSSR count). The number of hydrogen-bond donors (Lipinski definition) is 4. The number of rotatable bonds is 6. The molecule has 1 aromatic heterocycles. The Labute approximate surface area is 229 Å². The Bertz CT molecular complexity index is 1300. The smallest absolute Gasteiger partial charge is 1.00 e. The van der Waals surface area contributed by atoms with Crippen LogP contribution in [0.2, 0.25) is 10.0 Å². The van der Waals surface area contributed by atoms with Gasteiger partial charge in [-0.3, -0.25) is 9.59 Å². The molecule has 0 radical (unpaired) electrons. The van der Waals surface area contributed by atoms with Crippen molar-refractivity contribution < 1.29 is 50.8 Å². The van der Waals surface area contributed by atoms with E-state index in [-0.39, 0.29) is 42.4 Å². The number of carboxylic acids is 1. The number of carbonyl (C=O) groups excluding carboxylic acids is 1. The van der Waals surface area contributed by atoms with E-state index in [4.69, 9.17) is 23.2 Å². The number of benzene rings is 2. The summed E-state index contributed by atoms with van der Waals surface area (Å²) in [5, 5.41) is 25.2. The number of carboxylic acid groups (broad SMARTS) is 1. The van der Waals surface area contributed by atoms with E-state index >= 15 is 0 Å². The molecule has 0 saturated carbocycles. The van der Waals surface area contributed by atoms with Gasteiger partial charge in [0.15, 0.2) is 5.69 Å². The summed E-state index contributed by atoms with van der Waals surface area (Å²) in [4.78, 5) is 36.4. The van der Waals surface area contributed by atoms with Gasteiger partial charge in [-0.05, 0) is 30.2 Å². The van der Waals surface area contributed by atoms with Gasteiger partial charge in [-0.15, -0.1) is 0 Å². The average molecular weight is 514 g/mol. The first-order valence-electron chi connectivity index (χ1n) is 9.81. The van der Waals surface area contributed by atoms with Crippen LogP contribution in [0.4, 0.5) is 10.5 Å². The van der Waals surface area contributed by atoms with Crippen molar-refractivity contribution in [2.24, 2.45) is 7.05 Å². The van der Waals surface area contributed by atoms with Gasteiger partial charge in [0.1, 0.15) is 5.75 Å². The SMILES string of the molecule is Cc1cn(C)c(=O)c(NC(=O)NC(CC(=O)O)c2cccc(-c3cccc(Cl)c3Cl)c2)c1O.[H-].[Na+]. The van der Waals surface area contributed by atoms with Crippen molar-refractivity contribution >= 4 is 40.9 Å². The molecule has 1 atom stereocenters. The van der Waals surface area contributed by atoms with Crippen LogP contribution in [-0.4, -0.2) is 26.8 Å². The summed E-state index contributed by atoms with van der Waals surface area (Å²) < 4.78 is 1.22. The second kappa shape index (κ2) is 11.8. The normalized spacial score (nSPS) is 11.3. The van der Waals surface area contributed by atoms with Gasteiger partial charge in [-0.2, -0.15) is 0 Å². The van der Waals surface area contributed by atoms with Gasteiger partial charge in [0.25, 0.3) is 5.56 Å². The van der Waals surface area contributed by atoms with Crippen LogP contribution in [0.1, 0.15) is 25.0 Å². The van der Waals surface area contributed by atoms with Gasteiger partial charge in [-0.1, -0.05) is 53.5 Å². The first kappa shape index (κ1) is 27.8. The number of pyridine rings is 1. The number of amides is 2. The Morgan fingerprint density at radius 2 is 1.85 bits per heavy atom. The predicted octanol–water partition coefficient (Wildman–Crippen LogP) is 1.83. The first-order valence-corrected chi connectivity index (χ1v) is 10.6. The Hall–Kier alpha value is -2.49. The number of aromatic hydroxyl groups is 1. The van der Waals surface area contributed by atoms with E-state index in [1.807, 2.05) is 0 Å². The summed E-state index contributed by atoms with van der Waals surface area (Å²) >= 11 is 12.4. The Balaban J connectivity index is 0.00000306. The molecule has 0 aliphatic rings. The summed E-state index contributed by atoms with van der Waals surface area (Å²) in [6, 6.07) is 10.3. The molecule has 34 heavy (non-hydrogen) atoms. The molecule has 174 valence electrons. The zero-order valence-electron chi connectivity index (χ0n) is 19.7. The molecule has 1 heterocycles. The molecule has 0 spiro atoms. The molecular weight excluding hydrogens is 492 g/mol. The Kier molecular flexibility index (Phi) is 9.61. The van der Waals surface area contributed by atoms with Crippen molar-refractivity contribution in [3.63, 3.8) is 0 Å². The molecular formula is C23H22Cl2N3NaO5. The van der Waals surface area contributed by atoms with Crippen molar-refractivity contribution in [1.82, 2.24) is 9.88 Å². The van der Waals surface area contributed by atoms with Gasteiger partial charge in [0, 0.05) is 24.4 Å². The van der Waals surface area contributed by atoms with Gasteiger partial charge in [-0.25, -0.2) is 4.79 Å². The third kappa shape index (κ3) is 6.34. The van der Waals surface area contributed by atoms with Crippen molar-refractivity contribution in [2.45, 2.75) is 19.4 Å². The van der Waals surface area contributed by atoms with Crippen LogP contribution in [0.15, 0.2) is 53.5 Å². The number of urea groups is 1. The average Bonchev–Trinajstić information content (AvgIpc) is 2.76. The third-order valence-corrected chi connectivity index (χ3v) is 5.82. The number of aryl methyl sites for hydroxylation is 2. The van der Waals surface area contributed by atoms with Crippen molar-refractivity contribution in [3.8, 4) is 16.9 Å². The number of hydrogen-bond acceptors (Lipinski definition) is 4. The minimum atomic E-state index is -1.14. The summed E-state index contributed by atoms with van der Waals surface area (Å²) in [5.74, 6) is -1.50. The van der Waals surface area contributed by atoms with Crippen LogP contribution in [0.25, 0.3) is 11.1 Å². The van der Waals surface area contributed by atoms with Gasteiger partial charge < -0.3 is 26.8 Å². The quantitative estimate of drug-likeness (QED) is 0.374. The fourth-order valence-electron chi connectivity index (χ4n) is 3.38. The van der Waals surface area contributed by atoms with Gasteiger partial charge in [0.05, 0.1) is 22.5 Å². The molecule has 11 heteroatoms. The minimum Gasteiger partial charge on any atom is -1.00 e.